The molecule has 7 aromatic carbocycles. The number of para-hydroxylation sites is 2. The minimum absolute atomic E-state index is 1.18. The molecule has 0 aliphatic heterocycles. The quantitative estimate of drug-likeness (QED) is 0.215. The molecule has 0 aliphatic carbocycles. The Balaban J connectivity index is 1.25. The van der Waals surface area contributed by atoms with Crippen LogP contribution in [0.3, 0.4) is 0 Å². The fraction of sp³-hybridized carbons (Fsp3) is 0. The summed E-state index contributed by atoms with van der Waals surface area (Å²) in [6, 6.07) is 55.0. The summed E-state index contributed by atoms with van der Waals surface area (Å²) in [6.07, 6.45) is 0. The summed E-state index contributed by atoms with van der Waals surface area (Å²) in [6.45, 7) is 0. The second-order valence-electron chi connectivity index (χ2n) is 10.2. The Labute approximate surface area is 227 Å². The molecule has 0 saturated carbocycles. The van der Waals surface area contributed by atoms with Gasteiger partial charge in [0.15, 0.2) is 0 Å². The molecule has 1 aromatic heterocycles. The largest absolute Gasteiger partial charge is 0.309 e. The van der Waals surface area contributed by atoms with Crippen LogP contribution in [-0.4, -0.2) is 4.57 Å². The highest BCUT2D eigenvalue weighted by atomic mass is 15.0. The number of hydrogen-bond donors (Lipinski definition) is 0. The van der Waals surface area contributed by atoms with Gasteiger partial charge in [-0.2, -0.15) is 0 Å². The van der Waals surface area contributed by atoms with E-state index in [0.717, 1.165) is 0 Å². The smallest absolute Gasteiger partial charge is 0.0541 e. The van der Waals surface area contributed by atoms with Gasteiger partial charge in [0.25, 0.3) is 0 Å². The van der Waals surface area contributed by atoms with Gasteiger partial charge >= 0.3 is 0 Å². The SMILES string of the molecule is c1ccc(-n2c3ccccc3c3cc(-c4cccc(-c5ccc6c(ccc7ccccc76)c5)c4)ccc32)cc1. The van der Waals surface area contributed by atoms with E-state index in [0.29, 0.717) is 0 Å². The van der Waals surface area contributed by atoms with E-state index in [1.807, 2.05) is 0 Å². The van der Waals surface area contributed by atoms with E-state index in [9.17, 15) is 0 Å². The van der Waals surface area contributed by atoms with E-state index in [4.69, 9.17) is 0 Å². The molecular weight excluding hydrogens is 470 g/mol. The molecule has 0 amide bonds. The van der Waals surface area contributed by atoms with Crippen LogP contribution in [0.4, 0.5) is 0 Å². The molecule has 39 heavy (non-hydrogen) atoms. The van der Waals surface area contributed by atoms with Crippen molar-refractivity contribution in [2.75, 3.05) is 0 Å². The summed E-state index contributed by atoms with van der Waals surface area (Å²) >= 11 is 0. The predicted molar refractivity (Wildman–Crippen MR) is 167 cm³/mol. The van der Waals surface area contributed by atoms with Gasteiger partial charge in [-0.3, -0.25) is 0 Å². The van der Waals surface area contributed by atoms with Crippen molar-refractivity contribution in [3.63, 3.8) is 0 Å². The molecule has 1 heteroatoms. The number of benzene rings is 7. The van der Waals surface area contributed by atoms with E-state index in [-0.39, 0.29) is 0 Å². The first kappa shape index (κ1) is 21.9. The predicted octanol–water partition coefficient (Wildman–Crippen LogP) is 10.4. The molecule has 0 aliphatic rings. The zero-order chi connectivity index (χ0) is 25.8. The summed E-state index contributed by atoms with van der Waals surface area (Å²) in [5, 5.41) is 7.70. The Morgan fingerprint density at radius 1 is 0.308 bits per heavy atom. The van der Waals surface area contributed by atoms with Gasteiger partial charge in [0, 0.05) is 16.5 Å². The highest BCUT2D eigenvalue weighted by Gasteiger charge is 2.13. The molecule has 0 spiro atoms. The maximum Gasteiger partial charge on any atom is 0.0541 e. The van der Waals surface area contributed by atoms with Gasteiger partial charge in [0.2, 0.25) is 0 Å². The molecule has 0 bridgehead atoms. The van der Waals surface area contributed by atoms with Gasteiger partial charge in [-0.15, -0.1) is 0 Å². The van der Waals surface area contributed by atoms with Crippen molar-refractivity contribution in [3.05, 3.63) is 152 Å². The number of hydrogen-bond acceptors (Lipinski definition) is 0. The third-order valence-corrected chi connectivity index (χ3v) is 7.96. The number of rotatable bonds is 3. The molecule has 0 atom stereocenters. The van der Waals surface area contributed by atoms with Crippen molar-refractivity contribution in [2.45, 2.75) is 0 Å². The van der Waals surface area contributed by atoms with Gasteiger partial charge in [-0.25, -0.2) is 0 Å². The molecule has 0 radical (unpaired) electrons. The molecule has 8 aromatic rings. The van der Waals surface area contributed by atoms with Crippen molar-refractivity contribution in [3.8, 4) is 27.9 Å². The molecule has 0 N–H and O–H groups in total. The zero-order valence-corrected chi connectivity index (χ0v) is 21.4. The van der Waals surface area contributed by atoms with Crippen molar-refractivity contribution >= 4 is 43.4 Å². The second kappa shape index (κ2) is 8.72. The van der Waals surface area contributed by atoms with Crippen LogP contribution in [0.2, 0.25) is 0 Å². The van der Waals surface area contributed by atoms with Crippen LogP contribution < -0.4 is 0 Å². The van der Waals surface area contributed by atoms with Gasteiger partial charge in [0.1, 0.15) is 0 Å². The zero-order valence-electron chi connectivity index (χ0n) is 21.4. The second-order valence-corrected chi connectivity index (χ2v) is 10.2. The van der Waals surface area contributed by atoms with Crippen molar-refractivity contribution < 1.29 is 0 Å². The molecule has 1 heterocycles. The fourth-order valence-electron chi connectivity index (χ4n) is 6.08. The van der Waals surface area contributed by atoms with Crippen molar-refractivity contribution in [2.24, 2.45) is 0 Å². The van der Waals surface area contributed by atoms with E-state index in [1.54, 1.807) is 0 Å². The Morgan fingerprint density at radius 3 is 1.79 bits per heavy atom. The first-order chi connectivity index (χ1) is 19.3. The molecule has 0 fully saturated rings. The molecule has 8 rings (SSSR count). The molecule has 0 saturated heterocycles. The van der Waals surface area contributed by atoms with Crippen LogP contribution in [0.25, 0.3) is 71.3 Å². The van der Waals surface area contributed by atoms with Crippen LogP contribution in [0, 0.1) is 0 Å². The summed E-state index contributed by atoms with van der Waals surface area (Å²) in [4.78, 5) is 0. The third kappa shape index (κ3) is 3.55. The van der Waals surface area contributed by atoms with Crippen molar-refractivity contribution in [1.82, 2.24) is 4.57 Å². The van der Waals surface area contributed by atoms with E-state index >= 15 is 0 Å². The van der Waals surface area contributed by atoms with Crippen LogP contribution >= 0.6 is 0 Å². The number of aromatic nitrogens is 1. The minimum atomic E-state index is 1.18. The van der Waals surface area contributed by atoms with E-state index in [2.05, 4.69) is 156 Å². The Bertz CT molecular complexity index is 2170. The van der Waals surface area contributed by atoms with Gasteiger partial charge in [-0.1, -0.05) is 109 Å². The Kier molecular flexibility index (Phi) is 4.89. The first-order valence-electron chi connectivity index (χ1n) is 13.4. The summed E-state index contributed by atoms with van der Waals surface area (Å²) in [5.74, 6) is 0. The van der Waals surface area contributed by atoms with Gasteiger partial charge < -0.3 is 4.57 Å². The molecular formula is C38H25N. The first-order valence-corrected chi connectivity index (χ1v) is 13.4. The van der Waals surface area contributed by atoms with Crippen LogP contribution in [0.5, 0.6) is 0 Å². The average Bonchev–Trinajstić information content (AvgIpc) is 3.35. The number of fused-ring (bicyclic) bond motifs is 6. The lowest BCUT2D eigenvalue weighted by atomic mass is 9.95. The van der Waals surface area contributed by atoms with Crippen LogP contribution in [-0.2, 0) is 0 Å². The third-order valence-electron chi connectivity index (χ3n) is 7.96. The van der Waals surface area contributed by atoms with Crippen LogP contribution in [0.15, 0.2) is 152 Å². The topological polar surface area (TPSA) is 4.93 Å². The van der Waals surface area contributed by atoms with E-state index < -0.39 is 0 Å². The van der Waals surface area contributed by atoms with Crippen LogP contribution in [0.1, 0.15) is 0 Å². The molecule has 0 unspecified atom stereocenters. The lowest BCUT2D eigenvalue weighted by Crippen LogP contribution is -1.92. The Morgan fingerprint density at radius 2 is 0.923 bits per heavy atom. The highest BCUT2D eigenvalue weighted by molar-refractivity contribution is 6.11. The Hall–Kier alpha value is -5.14. The fourth-order valence-corrected chi connectivity index (χ4v) is 6.08. The molecule has 182 valence electrons. The van der Waals surface area contributed by atoms with E-state index in [1.165, 1.54) is 71.3 Å². The maximum atomic E-state index is 2.36. The maximum absolute atomic E-state index is 2.36. The average molecular weight is 496 g/mol. The lowest BCUT2D eigenvalue weighted by molar-refractivity contribution is 1.18. The lowest BCUT2D eigenvalue weighted by Gasteiger charge is -2.10. The highest BCUT2D eigenvalue weighted by Crippen LogP contribution is 2.36. The summed E-state index contributed by atoms with van der Waals surface area (Å²) in [7, 11) is 0. The number of nitrogens with zero attached hydrogens (tertiary/aromatic N) is 1. The normalized spacial score (nSPS) is 11.6. The monoisotopic (exact) mass is 495 g/mol. The standard InChI is InChI=1S/C38H25N/c1-2-12-32(13-3-1)39-37-16-7-6-15-35(37)36-25-30(20-22-38(36)39)28-11-8-10-27(23-28)29-19-21-34-31(24-29)18-17-26-9-4-5-14-33(26)34/h1-25H. The van der Waals surface area contributed by atoms with Gasteiger partial charge in [0.05, 0.1) is 11.0 Å². The van der Waals surface area contributed by atoms with Gasteiger partial charge in [-0.05, 0) is 86.3 Å². The summed E-state index contributed by atoms with van der Waals surface area (Å²) < 4.78 is 2.36. The summed E-state index contributed by atoms with van der Waals surface area (Å²) in [5.41, 5.74) is 8.56. The molecule has 1 nitrogen and oxygen atoms in total. The minimum Gasteiger partial charge on any atom is -0.309 e. The van der Waals surface area contributed by atoms with Crippen molar-refractivity contribution in [1.29, 1.82) is 0 Å².